The summed E-state index contributed by atoms with van der Waals surface area (Å²) < 4.78 is 10.6. The van der Waals surface area contributed by atoms with Crippen LogP contribution in [0.5, 0.6) is 5.75 Å². The van der Waals surface area contributed by atoms with Crippen molar-refractivity contribution in [3.8, 4) is 5.75 Å². The molecule has 1 saturated heterocycles. The number of aryl methyl sites for hydroxylation is 1. The van der Waals surface area contributed by atoms with Crippen molar-refractivity contribution in [1.82, 2.24) is 14.9 Å². The number of carbonyl (C=O) groups is 2. The highest BCUT2D eigenvalue weighted by atomic mass is 32.2. The minimum atomic E-state index is -0.0421. The van der Waals surface area contributed by atoms with Crippen LogP contribution in [0.2, 0.25) is 0 Å². The Morgan fingerprint density at radius 2 is 1.93 bits per heavy atom. The SMILES string of the molecule is COc1ccc2nc(C)nc(SCC(=O)c3ccc(C(=O)N4CCOCC4)s3)c2c1. The molecule has 7 nitrogen and oxygen atoms in total. The quantitative estimate of drug-likeness (QED) is 0.328. The number of morpholine rings is 1. The van der Waals surface area contributed by atoms with E-state index in [-0.39, 0.29) is 17.4 Å². The monoisotopic (exact) mass is 443 g/mol. The maximum atomic E-state index is 12.8. The number of benzene rings is 1. The molecular formula is C21H21N3O4S2. The third kappa shape index (κ3) is 4.48. The van der Waals surface area contributed by atoms with Gasteiger partial charge >= 0.3 is 0 Å². The molecule has 0 saturated carbocycles. The molecule has 0 aliphatic carbocycles. The van der Waals surface area contributed by atoms with Crippen molar-refractivity contribution in [1.29, 1.82) is 0 Å². The van der Waals surface area contributed by atoms with Crippen LogP contribution >= 0.6 is 23.1 Å². The van der Waals surface area contributed by atoms with Crippen LogP contribution in [-0.2, 0) is 4.74 Å². The van der Waals surface area contributed by atoms with E-state index in [1.807, 2.05) is 25.1 Å². The van der Waals surface area contributed by atoms with Crippen LogP contribution in [0.4, 0.5) is 0 Å². The molecule has 3 heterocycles. The Hall–Kier alpha value is -2.49. The lowest BCUT2D eigenvalue weighted by molar-refractivity contribution is 0.0306. The highest BCUT2D eigenvalue weighted by molar-refractivity contribution is 8.00. The second-order valence-electron chi connectivity index (χ2n) is 6.74. The number of aromatic nitrogens is 2. The molecule has 9 heteroatoms. The number of fused-ring (bicyclic) bond motifs is 1. The van der Waals surface area contributed by atoms with Gasteiger partial charge in [0.15, 0.2) is 5.78 Å². The number of amides is 1. The predicted octanol–water partition coefficient (Wildman–Crippen LogP) is 3.46. The van der Waals surface area contributed by atoms with Gasteiger partial charge in [0, 0.05) is 18.5 Å². The van der Waals surface area contributed by atoms with Crippen LogP contribution < -0.4 is 4.74 Å². The predicted molar refractivity (Wildman–Crippen MR) is 117 cm³/mol. The zero-order valence-electron chi connectivity index (χ0n) is 16.7. The molecule has 30 heavy (non-hydrogen) atoms. The average molecular weight is 444 g/mol. The Kier molecular flexibility index (Phi) is 6.31. The van der Waals surface area contributed by atoms with Crippen LogP contribution in [-0.4, -0.2) is 65.7 Å². The molecule has 1 aliphatic rings. The third-order valence-corrected chi connectivity index (χ3v) is 6.82. The number of methoxy groups -OCH3 is 1. The second-order valence-corrected chi connectivity index (χ2v) is 8.79. The summed E-state index contributed by atoms with van der Waals surface area (Å²) in [7, 11) is 1.61. The molecule has 3 aromatic rings. The highest BCUT2D eigenvalue weighted by Gasteiger charge is 2.21. The summed E-state index contributed by atoms with van der Waals surface area (Å²) in [4.78, 5) is 37.2. The van der Waals surface area contributed by atoms with E-state index in [0.29, 0.717) is 47.6 Å². The maximum absolute atomic E-state index is 12.8. The maximum Gasteiger partial charge on any atom is 0.264 e. The van der Waals surface area contributed by atoms with Gasteiger partial charge in [-0.1, -0.05) is 11.8 Å². The number of hydrogen-bond acceptors (Lipinski definition) is 8. The van der Waals surface area contributed by atoms with Gasteiger partial charge < -0.3 is 14.4 Å². The van der Waals surface area contributed by atoms with Gasteiger partial charge in [0.2, 0.25) is 0 Å². The van der Waals surface area contributed by atoms with Gasteiger partial charge in [0.25, 0.3) is 5.91 Å². The fourth-order valence-electron chi connectivity index (χ4n) is 3.16. The van der Waals surface area contributed by atoms with Crippen molar-refractivity contribution in [3.05, 3.63) is 45.9 Å². The van der Waals surface area contributed by atoms with Crippen LogP contribution in [0, 0.1) is 6.92 Å². The average Bonchev–Trinajstić information content (AvgIpc) is 3.27. The first-order valence-corrected chi connectivity index (χ1v) is 11.3. The zero-order chi connectivity index (χ0) is 21.1. The van der Waals surface area contributed by atoms with Crippen molar-refractivity contribution in [2.24, 2.45) is 0 Å². The second kappa shape index (κ2) is 9.11. The number of ether oxygens (including phenoxy) is 2. The highest BCUT2D eigenvalue weighted by Crippen LogP contribution is 2.30. The van der Waals surface area contributed by atoms with Crippen LogP contribution in [0.25, 0.3) is 10.9 Å². The molecule has 0 unspecified atom stereocenters. The first kappa shape index (κ1) is 20.8. The minimum absolute atomic E-state index is 0.0293. The number of ketones is 1. The molecule has 0 N–H and O–H groups in total. The number of hydrogen-bond donors (Lipinski definition) is 0. The molecule has 4 rings (SSSR count). The van der Waals surface area contributed by atoms with Crippen molar-refractivity contribution in [2.75, 3.05) is 39.2 Å². The van der Waals surface area contributed by atoms with Crippen molar-refractivity contribution < 1.29 is 19.1 Å². The normalized spacial score (nSPS) is 14.1. The van der Waals surface area contributed by atoms with E-state index in [1.165, 1.54) is 23.1 Å². The molecule has 0 bridgehead atoms. The van der Waals surface area contributed by atoms with Gasteiger partial charge in [-0.25, -0.2) is 9.97 Å². The standard InChI is InChI=1S/C21H21N3O4S2/c1-13-22-16-4-3-14(27-2)11-15(16)20(23-13)29-12-17(25)18-5-6-19(30-18)21(26)24-7-9-28-10-8-24/h3-6,11H,7-10,12H2,1-2H3. The number of rotatable bonds is 6. The van der Waals surface area contributed by atoms with Gasteiger partial charge in [-0.05, 0) is 37.3 Å². The van der Waals surface area contributed by atoms with Crippen LogP contribution in [0.1, 0.15) is 25.2 Å². The Morgan fingerprint density at radius 3 is 2.70 bits per heavy atom. The van der Waals surface area contributed by atoms with E-state index < -0.39 is 0 Å². The van der Waals surface area contributed by atoms with Crippen molar-refractivity contribution in [2.45, 2.75) is 11.9 Å². The zero-order valence-corrected chi connectivity index (χ0v) is 18.3. The summed E-state index contributed by atoms with van der Waals surface area (Å²) >= 11 is 2.61. The largest absolute Gasteiger partial charge is 0.497 e. The number of nitrogens with zero attached hydrogens (tertiary/aromatic N) is 3. The van der Waals surface area contributed by atoms with Gasteiger partial charge in [0.1, 0.15) is 16.6 Å². The molecule has 0 spiro atoms. The number of thioether (sulfide) groups is 1. The first-order valence-electron chi connectivity index (χ1n) is 9.50. The topological polar surface area (TPSA) is 81.6 Å². The Morgan fingerprint density at radius 1 is 1.17 bits per heavy atom. The Labute approximate surface area is 182 Å². The van der Waals surface area contributed by atoms with E-state index in [4.69, 9.17) is 9.47 Å². The van der Waals surface area contributed by atoms with Gasteiger partial charge in [-0.15, -0.1) is 11.3 Å². The molecule has 0 atom stereocenters. The number of carbonyl (C=O) groups excluding carboxylic acids is 2. The summed E-state index contributed by atoms with van der Waals surface area (Å²) in [6.45, 7) is 4.10. The Balaban J connectivity index is 1.47. The summed E-state index contributed by atoms with van der Waals surface area (Å²) in [5.74, 6) is 1.52. The molecule has 0 radical (unpaired) electrons. The van der Waals surface area contributed by atoms with E-state index in [2.05, 4.69) is 9.97 Å². The molecule has 1 aliphatic heterocycles. The molecule has 1 aromatic carbocycles. The lowest BCUT2D eigenvalue weighted by atomic mass is 10.2. The van der Waals surface area contributed by atoms with Gasteiger partial charge in [-0.2, -0.15) is 0 Å². The lowest BCUT2D eigenvalue weighted by Crippen LogP contribution is -2.40. The summed E-state index contributed by atoms with van der Waals surface area (Å²) in [5, 5.41) is 1.60. The lowest BCUT2D eigenvalue weighted by Gasteiger charge is -2.26. The molecule has 1 fully saturated rings. The molecule has 156 valence electrons. The van der Waals surface area contributed by atoms with E-state index in [0.717, 1.165) is 15.9 Å². The third-order valence-electron chi connectivity index (χ3n) is 4.71. The summed E-state index contributed by atoms with van der Waals surface area (Å²) in [6, 6.07) is 9.08. The van der Waals surface area contributed by atoms with Crippen LogP contribution in [0.15, 0.2) is 35.4 Å². The smallest absolute Gasteiger partial charge is 0.264 e. The number of Topliss-reactive ketones (excluding diaryl/α,β-unsaturated/α-hetero) is 1. The molecule has 2 aromatic heterocycles. The Bertz CT molecular complexity index is 1090. The molecule has 1 amide bonds. The minimum Gasteiger partial charge on any atom is -0.497 e. The van der Waals surface area contributed by atoms with Gasteiger partial charge in [-0.3, -0.25) is 9.59 Å². The molecular weight excluding hydrogens is 422 g/mol. The fourth-order valence-corrected chi connectivity index (χ4v) is 5.10. The van der Waals surface area contributed by atoms with Crippen molar-refractivity contribution in [3.63, 3.8) is 0 Å². The van der Waals surface area contributed by atoms with E-state index >= 15 is 0 Å². The first-order chi connectivity index (χ1) is 14.5. The fraction of sp³-hybridized carbons (Fsp3) is 0.333. The van der Waals surface area contributed by atoms with Crippen LogP contribution in [0.3, 0.4) is 0 Å². The van der Waals surface area contributed by atoms with Crippen molar-refractivity contribution >= 4 is 45.7 Å². The summed E-state index contributed by atoms with van der Waals surface area (Å²) in [5.41, 5.74) is 0.813. The van der Waals surface area contributed by atoms with E-state index in [1.54, 1.807) is 24.1 Å². The van der Waals surface area contributed by atoms with E-state index in [9.17, 15) is 9.59 Å². The number of thiophene rings is 1. The summed E-state index contributed by atoms with van der Waals surface area (Å²) in [6.07, 6.45) is 0. The van der Waals surface area contributed by atoms with Gasteiger partial charge in [0.05, 0.1) is 41.3 Å².